The van der Waals surface area contributed by atoms with Crippen LogP contribution >= 0.6 is 0 Å². The van der Waals surface area contributed by atoms with Gasteiger partial charge in [0.05, 0.1) is 12.7 Å². The molecule has 0 spiro atoms. The van der Waals surface area contributed by atoms with Crippen LogP contribution < -0.4 is 10.1 Å². The Morgan fingerprint density at radius 1 is 1.13 bits per heavy atom. The summed E-state index contributed by atoms with van der Waals surface area (Å²) in [7, 11) is 1.56. The van der Waals surface area contributed by atoms with Crippen molar-refractivity contribution in [3.8, 4) is 17.2 Å². The minimum Gasteiger partial charge on any atom is -0.497 e. The average molecular weight is 431 g/mol. The number of nitrogens with one attached hydrogen (secondary N) is 1. The monoisotopic (exact) mass is 431 g/mol. The summed E-state index contributed by atoms with van der Waals surface area (Å²) in [6.45, 7) is -0.0415. The molecule has 0 fully saturated rings. The molecule has 3 aromatic rings. The van der Waals surface area contributed by atoms with Gasteiger partial charge in [-0.05, 0) is 42.8 Å². The van der Waals surface area contributed by atoms with E-state index in [0.29, 0.717) is 17.4 Å². The molecule has 0 saturated heterocycles. The van der Waals surface area contributed by atoms with Gasteiger partial charge >= 0.3 is 5.97 Å². The number of carbonyl (C=O) groups is 2. The van der Waals surface area contributed by atoms with Gasteiger partial charge in [0, 0.05) is 24.6 Å². The highest BCUT2D eigenvalue weighted by atomic mass is 19.1. The number of aromatic nitrogens is 2. The van der Waals surface area contributed by atoms with E-state index in [0.717, 1.165) is 12.1 Å². The van der Waals surface area contributed by atoms with Crippen LogP contribution in [0.4, 0.5) is 8.78 Å². The maximum atomic E-state index is 13.5. The lowest BCUT2D eigenvalue weighted by Crippen LogP contribution is -2.26. The van der Waals surface area contributed by atoms with Crippen LogP contribution in [0.25, 0.3) is 11.5 Å². The quantitative estimate of drug-likeness (QED) is 0.410. The van der Waals surface area contributed by atoms with Crippen LogP contribution in [0, 0.1) is 11.6 Å². The zero-order chi connectivity index (χ0) is 22.2. The highest BCUT2D eigenvalue weighted by Crippen LogP contribution is 2.20. The molecule has 1 N–H and O–H groups in total. The number of halogens is 2. The smallest absolute Gasteiger partial charge is 0.306 e. The first kappa shape index (κ1) is 21.9. The first-order valence-corrected chi connectivity index (χ1v) is 9.32. The molecule has 0 aliphatic carbocycles. The normalized spacial score (nSPS) is 10.5. The van der Waals surface area contributed by atoms with Gasteiger partial charge in [-0.3, -0.25) is 9.59 Å². The van der Waals surface area contributed by atoms with E-state index in [1.54, 1.807) is 31.4 Å². The Morgan fingerprint density at radius 2 is 1.90 bits per heavy atom. The molecule has 1 amide bonds. The van der Waals surface area contributed by atoms with Gasteiger partial charge < -0.3 is 19.3 Å². The topological polar surface area (TPSA) is 104 Å². The highest BCUT2D eigenvalue weighted by molar-refractivity contribution is 5.94. The van der Waals surface area contributed by atoms with Gasteiger partial charge in [0.15, 0.2) is 6.61 Å². The molecule has 1 heterocycles. The molecule has 0 aliphatic rings. The van der Waals surface area contributed by atoms with E-state index < -0.39 is 23.5 Å². The summed E-state index contributed by atoms with van der Waals surface area (Å²) in [5, 5.41) is 6.22. The Balaban J connectivity index is 1.38. The molecule has 0 aliphatic heterocycles. The molecule has 2 aromatic carbocycles. The second-order valence-corrected chi connectivity index (χ2v) is 6.39. The zero-order valence-electron chi connectivity index (χ0n) is 16.6. The minimum absolute atomic E-state index is 0.0232. The van der Waals surface area contributed by atoms with E-state index in [1.165, 1.54) is 0 Å². The van der Waals surface area contributed by atoms with Crippen molar-refractivity contribution in [3.05, 3.63) is 65.5 Å². The molecule has 1 aromatic heterocycles. The first-order valence-electron chi connectivity index (χ1n) is 9.32. The Morgan fingerprint density at radius 3 is 2.61 bits per heavy atom. The Bertz CT molecular complexity index is 1050. The summed E-state index contributed by atoms with van der Waals surface area (Å²) < 4.78 is 41.7. The van der Waals surface area contributed by atoms with Crippen molar-refractivity contribution in [1.29, 1.82) is 0 Å². The van der Waals surface area contributed by atoms with Crippen LogP contribution in [0.5, 0.6) is 5.75 Å². The number of nitrogens with zero attached hydrogens (tertiary/aromatic N) is 2. The van der Waals surface area contributed by atoms with E-state index in [2.05, 4.69) is 15.5 Å². The lowest BCUT2D eigenvalue weighted by atomic mass is 10.2. The number of amides is 1. The van der Waals surface area contributed by atoms with Crippen LogP contribution in [-0.4, -0.2) is 35.7 Å². The fraction of sp³-hybridized carbons (Fsp3) is 0.238. The molecule has 31 heavy (non-hydrogen) atoms. The van der Waals surface area contributed by atoms with Crippen molar-refractivity contribution < 1.29 is 32.4 Å². The van der Waals surface area contributed by atoms with Crippen molar-refractivity contribution in [2.24, 2.45) is 0 Å². The second kappa shape index (κ2) is 10.3. The third kappa shape index (κ3) is 6.08. The van der Waals surface area contributed by atoms with Crippen LogP contribution in [0.1, 0.15) is 29.0 Å². The summed E-state index contributed by atoms with van der Waals surface area (Å²) in [6.07, 6.45) is 0.298. The minimum atomic E-state index is -0.953. The van der Waals surface area contributed by atoms with Gasteiger partial charge in [0.25, 0.3) is 11.8 Å². The lowest BCUT2D eigenvalue weighted by molar-refractivity contribution is -0.145. The Kier molecular flexibility index (Phi) is 7.26. The number of benzene rings is 2. The molecular formula is C21H19F2N3O5. The number of ether oxygens (including phenoxy) is 2. The largest absolute Gasteiger partial charge is 0.497 e. The van der Waals surface area contributed by atoms with Gasteiger partial charge in [-0.25, -0.2) is 8.78 Å². The van der Waals surface area contributed by atoms with Crippen molar-refractivity contribution in [3.63, 3.8) is 0 Å². The van der Waals surface area contributed by atoms with E-state index >= 15 is 0 Å². The molecule has 0 bridgehead atoms. The molecule has 0 saturated carbocycles. The van der Waals surface area contributed by atoms with E-state index in [-0.39, 0.29) is 43.3 Å². The molecule has 0 unspecified atom stereocenters. The number of hydrogen-bond donors (Lipinski definition) is 1. The van der Waals surface area contributed by atoms with Gasteiger partial charge in [-0.2, -0.15) is 4.98 Å². The number of rotatable bonds is 9. The Hall–Kier alpha value is -3.82. The van der Waals surface area contributed by atoms with Gasteiger partial charge in [-0.1, -0.05) is 5.16 Å². The van der Waals surface area contributed by atoms with E-state index in [9.17, 15) is 18.4 Å². The van der Waals surface area contributed by atoms with Crippen molar-refractivity contribution in [1.82, 2.24) is 15.5 Å². The second-order valence-electron chi connectivity index (χ2n) is 6.39. The van der Waals surface area contributed by atoms with Crippen LogP contribution in [-0.2, 0) is 16.1 Å². The third-order valence-corrected chi connectivity index (χ3v) is 4.19. The van der Waals surface area contributed by atoms with Gasteiger partial charge in [-0.15, -0.1) is 0 Å². The van der Waals surface area contributed by atoms with Crippen LogP contribution in [0.15, 0.2) is 47.0 Å². The lowest BCUT2D eigenvalue weighted by Gasteiger charge is -2.06. The summed E-state index contributed by atoms with van der Waals surface area (Å²) in [5.41, 5.74) is 0.424. The van der Waals surface area contributed by atoms with Crippen molar-refractivity contribution in [2.45, 2.75) is 19.4 Å². The molecule has 8 nitrogen and oxygen atoms in total. The standard InChI is InChI=1S/C21H19F2N3O5/c1-29-15-7-4-13(5-8-15)21-25-18(26-31-21)12-30-19(27)3-2-10-24-20(28)16-9-6-14(22)11-17(16)23/h4-9,11H,2-3,10,12H2,1H3,(H,24,28). The molecule has 3 rings (SSSR count). The number of carbonyl (C=O) groups excluding carboxylic acids is 2. The summed E-state index contributed by atoms with van der Waals surface area (Å²) in [4.78, 5) is 27.9. The molecular weight excluding hydrogens is 412 g/mol. The van der Waals surface area contributed by atoms with Crippen LogP contribution in [0.2, 0.25) is 0 Å². The molecule has 0 atom stereocenters. The number of hydrogen-bond acceptors (Lipinski definition) is 7. The number of esters is 1. The van der Waals surface area contributed by atoms with Crippen molar-refractivity contribution in [2.75, 3.05) is 13.7 Å². The van der Waals surface area contributed by atoms with Gasteiger partial charge in [0.2, 0.25) is 5.82 Å². The van der Waals surface area contributed by atoms with Gasteiger partial charge in [0.1, 0.15) is 17.4 Å². The van der Waals surface area contributed by atoms with E-state index in [4.69, 9.17) is 14.0 Å². The molecule has 0 radical (unpaired) electrons. The zero-order valence-corrected chi connectivity index (χ0v) is 16.6. The first-order chi connectivity index (χ1) is 15.0. The summed E-state index contributed by atoms with van der Waals surface area (Å²) in [6, 6.07) is 9.70. The number of methoxy groups -OCH3 is 1. The summed E-state index contributed by atoms with van der Waals surface area (Å²) >= 11 is 0. The SMILES string of the molecule is COc1ccc(-c2nc(COC(=O)CCCNC(=O)c3ccc(F)cc3F)no2)cc1. The maximum Gasteiger partial charge on any atom is 0.306 e. The maximum absolute atomic E-state index is 13.5. The third-order valence-electron chi connectivity index (χ3n) is 4.19. The predicted octanol–water partition coefficient (Wildman–Crippen LogP) is 3.28. The van der Waals surface area contributed by atoms with Crippen LogP contribution in [0.3, 0.4) is 0 Å². The Labute approximate surface area is 176 Å². The highest BCUT2D eigenvalue weighted by Gasteiger charge is 2.13. The predicted molar refractivity (Wildman–Crippen MR) is 104 cm³/mol. The molecule has 10 heteroatoms. The van der Waals surface area contributed by atoms with Crippen molar-refractivity contribution >= 4 is 11.9 Å². The average Bonchev–Trinajstić information content (AvgIpc) is 3.24. The van der Waals surface area contributed by atoms with E-state index in [1.807, 2.05) is 0 Å². The molecule has 162 valence electrons. The fourth-order valence-corrected chi connectivity index (χ4v) is 2.58. The fourth-order valence-electron chi connectivity index (χ4n) is 2.58. The summed E-state index contributed by atoms with van der Waals surface area (Å²) in [5.74, 6) is -1.75.